The van der Waals surface area contributed by atoms with Crippen LogP contribution in [0.4, 0.5) is 0 Å². The summed E-state index contributed by atoms with van der Waals surface area (Å²) < 4.78 is 0.251. The molecule has 2 fully saturated rings. The molecule has 10 heteroatoms. The number of aliphatic hydroxyl groups is 1. The predicted octanol–water partition coefficient (Wildman–Crippen LogP) is 0.134. The zero-order chi connectivity index (χ0) is 23.0. The summed E-state index contributed by atoms with van der Waals surface area (Å²) in [6, 6.07) is 1.47. The Morgan fingerprint density at radius 3 is 2.39 bits per heavy atom. The van der Waals surface area contributed by atoms with Crippen LogP contribution in [0.5, 0.6) is 5.75 Å². The summed E-state index contributed by atoms with van der Waals surface area (Å²) in [5, 5.41) is 21.6. The molecule has 3 aliphatic carbocycles. The van der Waals surface area contributed by atoms with Gasteiger partial charge >= 0.3 is 0 Å². The Balaban J connectivity index is 1.86. The SMILES string of the molecule is CC(=O)c1cc(I)c(O)c2c1C[C@H]1C[C@H]3CC(=O)C(C(N)=O)C(=O)[C@@]3(O)C(=O)C1C2=O. The number of carbonyl (C=O) groups is 6. The van der Waals surface area contributed by atoms with Crippen molar-refractivity contribution in [3.8, 4) is 5.75 Å². The Bertz CT molecular complexity index is 1120. The lowest BCUT2D eigenvalue weighted by molar-refractivity contribution is -0.175. The first kappa shape index (κ1) is 21.8. The smallest absolute Gasteiger partial charge is 0.235 e. The lowest BCUT2D eigenvalue weighted by Crippen LogP contribution is -2.68. The number of phenolic OH excluding ortho intramolecular Hbond substituents is 1. The number of nitrogens with two attached hydrogens (primary N) is 1. The molecule has 0 bridgehead atoms. The molecule has 0 radical (unpaired) electrons. The molecule has 31 heavy (non-hydrogen) atoms. The first-order valence-corrected chi connectivity index (χ1v) is 10.7. The molecular formula is C21H18INO8. The van der Waals surface area contributed by atoms with Crippen molar-refractivity contribution in [1.82, 2.24) is 0 Å². The van der Waals surface area contributed by atoms with Crippen molar-refractivity contribution in [2.75, 3.05) is 0 Å². The number of carbonyl (C=O) groups excluding carboxylic acids is 6. The number of benzene rings is 1. The number of Topliss-reactive ketones (excluding diaryl/α,β-unsaturated/α-hetero) is 5. The summed E-state index contributed by atoms with van der Waals surface area (Å²) >= 11 is 1.77. The number of phenols is 1. The highest BCUT2D eigenvalue weighted by Crippen LogP contribution is 2.50. The van der Waals surface area contributed by atoms with E-state index in [1.807, 2.05) is 0 Å². The topological polar surface area (TPSA) is 169 Å². The molecule has 2 saturated carbocycles. The number of primary amides is 1. The minimum Gasteiger partial charge on any atom is -0.506 e. The van der Waals surface area contributed by atoms with Crippen molar-refractivity contribution in [1.29, 1.82) is 0 Å². The van der Waals surface area contributed by atoms with Gasteiger partial charge in [-0.2, -0.15) is 0 Å². The molecule has 1 aromatic rings. The highest BCUT2D eigenvalue weighted by atomic mass is 127. The summed E-state index contributed by atoms with van der Waals surface area (Å²) in [5.41, 5.74) is 2.87. The van der Waals surface area contributed by atoms with Crippen molar-refractivity contribution in [3.63, 3.8) is 0 Å². The number of aromatic hydroxyl groups is 1. The summed E-state index contributed by atoms with van der Waals surface area (Å²) in [5.74, 6) is -11.0. The van der Waals surface area contributed by atoms with E-state index in [0.717, 1.165) is 0 Å². The van der Waals surface area contributed by atoms with Crippen LogP contribution < -0.4 is 5.73 Å². The lowest BCUT2D eigenvalue weighted by atomic mass is 9.53. The first-order chi connectivity index (χ1) is 14.4. The van der Waals surface area contributed by atoms with Crippen LogP contribution in [-0.2, 0) is 25.6 Å². The summed E-state index contributed by atoms with van der Waals surface area (Å²) in [7, 11) is 0. The minimum absolute atomic E-state index is 0.00879. The average Bonchev–Trinajstić information content (AvgIpc) is 2.66. The second-order valence-corrected chi connectivity index (χ2v) is 9.57. The number of halogens is 1. The van der Waals surface area contributed by atoms with Crippen molar-refractivity contribution >= 4 is 57.4 Å². The third-order valence-electron chi connectivity index (χ3n) is 6.73. The molecule has 9 nitrogen and oxygen atoms in total. The summed E-state index contributed by atoms with van der Waals surface area (Å²) in [6.45, 7) is 1.33. The molecule has 0 spiro atoms. The molecular weight excluding hydrogens is 521 g/mol. The van der Waals surface area contributed by atoms with Crippen molar-refractivity contribution in [2.45, 2.75) is 31.8 Å². The highest BCUT2D eigenvalue weighted by Gasteiger charge is 2.66. The number of amides is 1. The van der Waals surface area contributed by atoms with Crippen LogP contribution in [-0.4, -0.2) is 50.6 Å². The molecule has 0 aliphatic heterocycles. The van der Waals surface area contributed by atoms with Gasteiger partial charge in [-0.25, -0.2) is 0 Å². The van der Waals surface area contributed by atoms with Gasteiger partial charge in [0.1, 0.15) is 5.75 Å². The predicted molar refractivity (Wildman–Crippen MR) is 111 cm³/mol. The Morgan fingerprint density at radius 2 is 1.81 bits per heavy atom. The highest BCUT2D eigenvalue weighted by molar-refractivity contribution is 14.1. The van der Waals surface area contributed by atoms with Crippen molar-refractivity contribution in [2.24, 2.45) is 29.4 Å². The van der Waals surface area contributed by atoms with E-state index < -0.39 is 64.7 Å². The summed E-state index contributed by atoms with van der Waals surface area (Å²) in [4.78, 5) is 75.6. The van der Waals surface area contributed by atoms with Gasteiger partial charge in [-0.15, -0.1) is 0 Å². The number of hydrogen-bond acceptors (Lipinski definition) is 8. The van der Waals surface area contributed by atoms with Crippen LogP contribution >= 0.6 is 22.6 Å². The van der Waals surface area contributed by atoms with Gasteiger partial charge in [0.25, 0.3) is 0 Å². The van der Waals surface area contributed by atoms with E-state index in [1.54, 1.807) is 22.6 Å². The minimum atomic E-state index is -2.68. The zero-order valence-electron chi connectivity index (χ0n) is 16.3. The van der Waals surface area contributed by atoms with Crippen LogP contribution in [0.3, 0.4) is 0 Å². The van der Waals surface area contributed by atoms with Gasteiger partial charge in [0, 0.05) is 17.9 Å². The number of ketones is 5. The molecule has 0 saturated heterocycles. The van der Waals surface area contributed by atoms with E-state index in [2.05, 4.69) is 0 Å². The Kier molecular flexibility index (Phi) is 4.93. The van der Waals surface area contributed by atoms with E-state index >= 15 is 0 Å². The van der Waals surface area contributed by atoms with Gasteiger partial charge < -0.3 is 15.9 Å². The fourth-order valence-corrected chi connectivity index (χ4v) is 5.90. The maximum absolute atomic E-state index is 13.3. The Labute approximate surface area is 189 Å². The van der Waals surface area contributed by atoms with Crippen LogP contribution in [0.15, 0.2) is 6.07 Å². The number of fused-ring (bicyclic) bond motifs is 3. The van der Waals surface area contributed by atoms with Crippen molar-refractivity contribution in [3.05, 3.63) is 26.3 Å². The molecule has 162 valence electrons. The molecule has 4 rings (SSSR count). The molecule has 1 amide bonds. The maximum atomic E-state index is 13.3. The quantitative estimate of drug-likeness (QED) is 0.271. The fraction of sp³-hybridized carbons (Fsp3) is 0.429. The molecule has 0 heterocycles. The zero-order valence-corrected chi connectivity index (χ0v) is 18.5. The maximum Gasteiger partial charge on any atom is 0.235 e. The molecule has 5 atom stereocenters. The van der Waals surface area contributed by atoms with Crippen LogP contribution in [0.2, 0.25) is 0 Å². The molecule has 2 unspecified atom stereocenters. The van der Waals surface area contributed by atoms with Gasteiger partial charge in [-0.3, -0.25) is 28.8 Å². The molecule has 1 aromatic carbocycles. The van der Waals surface area contributed by atoms with Crippen molar-refractivity contribution < 1.29 is 39.0 Å². The van der Waals surface area contributed by atoms with Gasteiger partial charge in [0.2, 0.25) is 5.91 Å². The number of hydrogen-bond donors (Lipinski definition) is 3. The van der Waals surface area contributed by atoms with Crippen LogP contribution in [0.25, 0.3) is 0 Å². The third-order valence-corrected chi connectivity index (χ3v) is 7.56. The van der Waals surface area contributed by atoms with E-state index in [9.17, 15) is 39.0 Å². The van der Waals surface area contributed by atoms with Crippen LogP contribution in [0, 0.1) is 27.2 Å². The van der Waals surface area contributed by atoms with Crippen LogP contribution in [0.1, 0.15) is 46.0 Å². The average molecular weight is 539 g/mol. The van der Waals surface area contributed by atoms with Gasteiger partial charge in [-0.05, 0) is 59.9 Å². The normalized spacial score (nSPS) is 32.2. The van der Waals surface area contributed by atoms with Gasteiger partial charge in [0.05, 0.1) is 15.1 Å². The van der Waals surface area contributed by atoms with E-state index in [4.69, 9.17) is 5.73 Å². The molecule has 4 N–H and O–H groups in total. The lowest BCUT2D eigenvalue weighted by Gasteiger charge is -2.48. The molecule has 3 aliphatic rings. The molecule has 0 aromatic heterocycles. The first-order valence-electron chi connectivity index (χ1n) is 9.63. The summed E-state index contributed by atoms with van der Waals surface area (Å²) in [6.07, 6.45) is -0.320. The van der Waals surface area contributed by atoms with Gasteiger partial charge in [0.15, 0.2) is 40.4 Å². The van der Waals surface area contributed by atoms with E-state index in [-0.39, 0.29) is 39.1 Å². The van der Waals surface area contributed by atoms with E-state index in [1.165, 1.54) is 13.0 Å². The van der Waals surface area contributed by atoms with E-state index in [0.29, 0.717) is 5.56 Å². The monoisotopic (exact) mass is 539 g/mol. The third kappa shape index (κ3) is 2.84. The Hall–Kier alpha value is -2.47. The second-order valence-electron chi connectivity index (χ2n) is 8.40. The number of rotatable bonds is 2. The Morgan fingerprint density at radius 1 is 1.16 bits per heavy atom. The van der Waals surface area contributed by atoms with Gasteiger partial charge in [-0.1, -0.05) is 0 Å². The largest absolute Gasteiger partial charge is 0.506 e. The fourth-order valence-electron chi connectivity index (χ4n) is 5.32. The standard InChI is InChI=1S/C21H18INO8/c1-6(24)9-5-11(22)16(26)14-10(9)3-7-2-8-4-12(25)15(20(23)30)19(29)21(8,31)18(28)13(7)17(14)27/h5,7-8,13,15,26,31H,2-4H2,1H3,(H2,23,30)/t7-,8+,13?,15?,21+/m1/s1. The second kappa shape index (κ2) is 7.02.